The minimum Gasteiger partial charge on any atom is -0.212 e. The summed E-state index contributed by atoms with van der Waals surface area (Å²) in [5.74, 6) is -2.26. The SMILES string of the molecule is C[C@H](NS(=O)(=O)CC1(C#N)CC1)c1ccc(F)c(F)c1. The van der Waals surface area contributed by atoms with E-state index >= 15 is 0 Å². The van der Waals surface area contributed by atoms with Crippen molar-refractivity contribution in [2.45, 2.75) is 25.8 Å². The molecule has 20 heavy (non-hydrogen) atoms. The highest BCUT2D eigenvalue weighted by molar-refractivity contribution is 7.89. The van der Waals surface area contributed by atoms with Crippen molar-refractivity contribution in [3.63, 3.8) is 0 Å². The molecule has 7 heteroatoms. The highest BCUT2D eigenvalue weighted by atomic mass is 32.2. The fourth-order valence-electron chi connectivity index (χ4n) is 1.96. The van der Waals surface area contributed by atoms with E-state index in [1.165, 1.54) is 13.0 Å². The second kappa shape index (κ2) is 5.11. The topological polar surface area (TPSA) is 70.0 Å². The van der Waals surface area contributed by atoms with Crippen LogP contribution in [0, 0.1) is 28.4 Å². The molecule has 2 rings (SSSR count). The minimum absolute atomic E-state index is 0.259. The molecule has 0 spiro atoms. The lowest BCUT2D eigenvalue weighted by Gasteiger charge is -2.16. The van der Waals surface area contributed by atoms with Crippen molar-refractivity contribution in [3.8, 4) is 6.07 Å². The average molecular weight is 300 g/mol. The van der Waals surface area contributed by atoms with E-state index < -0.39 is 33.1 Å². The number of halogens is 2. The number of benzene rings is 1. The van der Waals surface area contributed by atoms with Gasteiger partial charge in [-0.15, -0.1) is 0 Å². The molecular weight excluding hydrogens is 286 g/mol. The summed E-state index contributed by atoms with van der Waals surface area (Å²) < 4.78 is 52.2. The molecule has 0 aromatic heterocycles. The average Bonchev–Trinajstić information content (AvgIpc) is 3.11. The van der Waals surface area contributed by atoms with Crippen molar-refractivity contribution < 1.29 is 17.2 Å². The van der Waals surface area contributed by atoms with E-state index in [4.69, 9.17) is 5.26 Å². The third-order valence-corrected chi connectivity index (χ3v) is 5.00. The lowest BCUT2D eigenvalue weighted by atomic mass is 10.1. The van der Waals surface area contributed by atoms with E-state index in [9.17, 15) is 17.2 Å². The number of hydrogen-bond acceptors (Lipinski definition) is 3. The lowest BCUT2D eigenvalue weighted by Crippen LogP contribution is -2.32. The molecule has 1 aliphatic rings. The molecule has 1 aromatic carbocycles. The Hall–Kier alpha value is -1.52. The second-order valence-electron chi connectivity index (χ2n) is 5.16. The first-order valence-corrected chi connectivity index (χ1v) is 7.78. The van der Waals surface area contributed by atoms with Crippen LogP contribution in [0.5, 0.6) is 0 Å². The molecule has 0 amide bonds. The Bertz CT molecular complexity index is 663. The molecule has 108 valence electrons. The van der Waals surface area contributed by atoms with Gasteiger partial charge in [0, 0.05) is 6.04 Å². The Labute approximate surface area is 116 Å². The zero-order chi connectivity index (χ0) is 15.0. The summed E-state index contributed by atoms with van der Waals surface area (Å²) in [4.78, 5) is 0. The van der Waals surface area contributed by atoms with Crippen molar-refractivity contribution in [1.82, 2.24) is 4.72 Å². The number of nitrogens with zero attached hydrogens (tertiary/aromatic N) is 1. The highest BCUT2D eigenvalue weighted by Crippen LogP contribution is 2.45. The van der Waals surface area contributed by atoms with Crippen molar-refractivity contribution in [1.29, 1.82) is 5.26 Å². The number of nitrogens with one attached hydrogen (secondary N) is 1. The fourth-order valence-corrected chi connectivity index (χ4v) is 3.80. The summed E-state index contributed by atoms with van der Waals surface area (Å²) in [6.45, 7) is 1.54. The van der Waals surface area contributed by atoms with E-state index in [1.807, 2.05) is 6.07 Å². The van der Waals surface area contributed by atoms with Crippen LogP contribution in [0.25, 0.3) is 0 Å². The highest BCUT2D eigenvalue weighted by Gasteiger charge is 2.47. The van der Waals surface area contributed by atoms with Gasteiger partial charge in [0.05, 0.1) is 17.2 Å². The Kier molecular flexibility index (Phi) is 3.80. The van der Waals surface area contributed by atoms with Gasteiger partial charge in [-0.3, -0.25) is 0 Å². The van der Waals surface area contributed by atoms with E-state index in [1.54, 1.807) is 0 Å². The Balaban J connectivity index is 2.09. The van der Waals surface area contributed by atoms with Crippen LogP contribution in [-0.4, -0.2) is 14.2 Å². The van der Waals surface area contributed by atoms with Crippen LogP contribution in [0.1, 0.15) is 31.4 Å². The molecular formula is C13H14F2N2O2S. The first-order chi connectivity index (χ1) is 9.27. The third-order valence-electron chi connectivity index (χ3n) is 3.36. The van der Waals surface area contributed by atoms with Gasteiger partial charge in [-0.1, -0.05) is 6.07 Å². The predicted molar refractivity (Wildman–Crippen MR) is 69.0 cm³/mol. The maximum atomic E-state index is 13.1. The fraction of sp³-hybridized carbons (Fsp3) is 0.462. The predicted octanol–water partition coefficient (Wildman–Crippen LogP) is 2.25. The Morgan fingerprint density at radius 2 is 2.05 bits per heavy atom. The zero-order valence-electron chi connectivity index (χ0n) is 10.9. The first kappa shape index (κ1) is 14.9. The van der Waals surface area contributed by atoms with E-state index in [2.05, 4.69) is 4.72 Å². The van der Waals surface area contributed by atoms with E-state index in [0.29, 0.717) is 18.4 Å². The molecule has 0 heterocycles. The number of sulfonamides is 1. The van der Waals surface area contributed by atoms with Crippen molar-refractivity contribution in [2.75, 3.05) is 5.75 Å². The summed E-state index contributed by atoms with van der Waals surface area (Å²) in [5.41, 5.74) is -0.450. The van der Waals surface area contributed by atoms with Crippen molar-refractivity contribution in [2.24, 2.45) is 5.41 Å². The van der Waals surface area contributed by atoms with Crippen molar-refractivity contribution >= 4 is 10.0 Å². The maximum absolute atomic E-state index is 13.1. The molecule has 0 saturated heterocycles. The molecule has 1 N–H and O–H groups in total. The van der Waals surface area contributed by atoms with Crippen LogP contribution in [0.3, 0.4) is 0 Å². The second-order valence-corrected chi connectivity index (χ2v) is 6.92. The van der Waals surface area contributed by atoms with Gasteiger partial charge >= 0.3 is 0 Å². The first-order valence-electron chi connectivity index (χ1n) is 6.13. The van der Waals surface area contributed by atoms with Crippen LogP contribution >= 0.6 is 0 Å². The van der Waals surface area contributed by atoms with Crippen LogP contribution in [0.4, 0.5) is 8.78 Å². The van der Waals surface area contributed by atoms with Gasteiger partial charge < -0.3 is 0 Å². The molecule has 0 radical (unpaired) electrons. The monoisotopic (exact) mass is 300 g/mol. The zero-order valence-corrected chi connectivity index (χ0v) is 11.7. The largest absolute Gasteiger partial charge is 0.213 e. The minimum atomic E-state index is -3.65. The molecule has 1 saturated carbocycles. The van der Waals surface area contributed by atoms with Crippen LogP contribution in [0.15, 0.2) is 18.2 Å². The van der Waals surface area contributed by atoms with Gasteiger partial charge in [-0.2, -0.15) is 5.26 Å². The number of nitriles is 1. The molecule has 1 aliphatic carbocycles. The molecule has 0 aliphatic heterocycles. The maximum Gasteiger partial charge on any atom is 0.213 e. The van der Waals surface area contributed by atoms with E-state index in [-0.39, 0.29) is 5.75 Å². The lowest BCUT2D eigenvalue weighted by molar-refractivity contribution is 0.504. The van der Waals surface area contributed by atoms with Gasteiger partial charge in [0.1, 0.15) is 0 Å². The summed E-state index contributed by atoms with van der Waals surface area (Å²) in [5, 5.41) is 8.90. The third kappa shape index (κ3) is 3.32. The molecule has 4 nitrogen and oxygen atoms in total. The quantitative estimate of drug-likeness (QED) is 0.906. The van der Waals surface area contributed by atoms with Gasteiger partial charge in [0.2, 0.25) is 10.0 Å². The standard InChI is InChI=1S/C13H14F2N2O2S/c1-9(10-2-3-11(14)12(15)6-10)17-20(18,19)8-13(7-16)4-5-13/h2-3,6,9,17H,4-5,8H2,1H3/t9-/m0/s1. The van der Waals surface area contributed by atoms with Gasteiger partial charge in [-0.25, -0.2) is 21.9 Å². The summed E-state index contributed by atoms with van der Waals surface area (Å²) >= 11 is 0. The van der Waals surface area contributed by atoms with Gasteiger partial charge in [-0.05, 0) is 37.5 Å². The smallest absolute Gasteiger partial charge is 0.212 e. The van der Waals surface area contributed by atoms with Crippen LogP contribution in [-0.2, 0) is 10.0 Å². The number of hydrogen-bond donors (Lipinski definition) is 1. The summed E-state index contributed by atoms with van der Waals surface area (Å²) in [7, 11) is -3.65. The van der Waals surface area contributed by atoms with Crippen LogP contribution < -0.4 is 4.72 Å². The molecule has 0 unspecified atom stereocenters. The molecule has 0 bridgehead atoms. The number of rotatable bonds is 5. The van der Waals surface area contributed by atoms with E-state index in [0.717, 1.165) is 12.1 Å². The summed E-state index contributed by atoms with van der Waals surface area (Å²) in [6.07, 6.45) is 1.15. The molecule has 1 atom stereocenters. The van der Waals surface area contributed by atoms with Crippen molar-refractivity contribution in [3.05, 3.63) is 35.4 Å². The van der Waals surface area contributed by atoms with Gasteiger partial charge in [0.25, 0.3) is 0 Å². The Morgan fingerprint density at radius 3 is 2.55 bits per heavy atom. The normalized spacial score (nSPS) is 18.3. The molecule has 1 fully saturated rings. The van der Waals surface area contributed by atoms with Crippen LogP contribution in [0.2, 0.25) is 0 Å². The summed E-state index contributed by atoms with van der Waals surface area (Å²) in [6, 6.07) is 4.55. The Morgan fingerprint density at radius 1 is 1.40 bits per heavy atom. The molecule has 1 aromatic rings. The van der Waals surface area contributed by atoms with Gasteiger partial charge in [0.15, 0.2) is 11.6 Å².